The lowest BCUT2D eigenvalue weighted by Gasteiger charge is -2.03. The molecule has 0 radical (unpaired) electrons. The minimum Gasteiger partial charge on any atom is -0.235 e. The van der Waals surface area contributed by atoms with Crippen LogP contribution >= 0.6 is 11.8 Å². The largest absolute Gasteiger partial charge is 0.235 e. The van der Waals surface area contributed by atoms with Crippen molar-refractivity contribution in [3.63, 3.8) is 0 Å². The summed E-state index contributed by atoms with van der Waals surface area (Å²) in [4.78, 5) is 12.9. The van der Waals surface area contributed by atoms with Crippen LogP contribution in [0.2, 0.25) is 0 Å². The maximum Gasteiger partial charge on any atom is 0.154 e. The molecule has 0 atom stereocenters. The Morgan fingerprint density at radius 1 is 1.21 bits per heavy atom. The molecule has 6 heteroatoms. The van der Waals surface area contributed by atoms with E-state index in [-0.39, 0.29) is 0 Å². The van der Waals surface area contributed by atoms with Crippen LogP contribution in [0.3, 0.4) is 0 Å². The van der Waals surface area contributed by atoms with E-state index >= 15 is 0 Å². The molecule has 0 saturated heterocycles. The first-order valence-corrected chi connectivity index (χ1v) is 7.24. The number of aromatic nitrogens is 5. The van der Waals surface area contributed by atoms with Gasteiger partial charge in [-0.2, -0.15) is 5.10 Å². The molecule has 0 aliphatic rings. The molecule has 3 aromatic heterocycles. The van der Waals surface area contributed by atoms with Crippen molar-refractivity contribution >= 4 is 17.4 Å². The van der Waals surface area contributed by atoms with E-state index in [4.69, 9.17) is 0 Å². The highest BCUT2D eigenvalue weighted by Crippen LogP contribution is 2.21. The van der Waals surface area contributed by atoms with Gasteiger partial charge < -0.3 is 0 Å². The molecule has 0 amide bonds. The molecule has 3 aromatic rings. The van der Waals surface area contributed by atoms with Crippen LogP contribution in [-0.2, 0) is 6.42 Å². The van der Waals surface area contributed by atoms with Gasteiger partial charge in [-0.1, -0.05) is 6.92 Å². The van der Waals surface area contributed by atoms with Gasteiger partial charge in [-0.3, -0.25) is 0 Å². The summed E-state index contributed by atoms with van der Waals surface area (Å²) in [5.74, 6) is 0. The molecule has 0 aromatic carbocycles. The van der Waals surface area contributed by atoms with Gasteiger partial charge >= 0.3 is 0 Å². The van der Waals surface area contributed by atoms with Crippen molar-refractivity contribution in [3.05, 3.63) is 36.4 Å². The number of fused-ring (bicyclic) bond motifs is 1. The molecule has 19 heavy (non-hydrogen) atoms. The Morgan fingerprint density at radius 2 is 2.11 bits per heavy atom. The maximum atomic E-state index is 4.57. The smallest absolute Gasteiger partial charge is 0.154 e. The van der Waals surface area contributed by atoms with E-state index in [1.54, 1.807) is 24.3 Å². The quantitative estimate of drug-likeness (QED) is 0.541. The van der Waals surface area contributed by atoms with Crippen LogP contribution in [-0.4, -0.2) is 30.8 Å². The fourth-order valence-corrected chi connectivity index (χ4v) is 2.25. The minimum atomic E-state index is 0.830. The topological polar surface area (TPSA) is 56.0 Å². The zero-order valence-corrected chi connectivity index (χ0v) is 11.6. The molecule has 0 saturated carbocycles. The summed E-state index contributed by atoms with van der Waals surface area (Å²) in [6.07, 6.45) is 6.26. The van der Waals surface area contributed by atoms with Crippen molar-refractivity contribution < 1.29 is 0 Å². The fourth-order valence-electron chi connectivity index (χ4n) is 1.87. The van der Waals surface area contributed by atoms with E-state index in [9.17, 15) is 0 Å². The van der Waals surface area contributed by atoms with Gasteiger partial charge in [-0.25, -0.2) is 19.5 Å². The number of hydrogen-bond acceptors (Lipinski definition) is 5. The number of rotatable bonds is 3. The second-order valence-corrected chi connectivity index (χ2v) is 4.86. The molecule has 0 unspecified atom stereocenters. The van der Waals surface area contributed by atoms with Gasteiger partial charge in [0, 0.05) is 0 Å². The predicted octanol–water partition coefficient (Wildman–Crippen LogP) is 2.47. The van der Waals surface area contributed by atoms with E-state index < -0.39 is 0 Å². The Labute approximate surface area is 115 Å². The Kier molecular flexibility index (Phi) is 3.16. The van der Waals surface area contributed by atoms with Gasteiger partial charge in [-0.05, 0) is 30.9 Å². The SMILES string of the molecule is CCc1ccc2ncc(-c3cc(SC)ncn3)n2n1. The van der Waals surface area contributed by atoms with Crippen molar-refractivity contribution in [2.45, 2.75) is 18.4 Å². The predicted molar refractivity (Wildman–Crippen MR) is 75.2 cm³/mol. The zero-order valence-electron chi connectivity index (χ0n) is 10.7. The Morgan fingerprint density at radius 3 is 2.89 bits per heavy atom. The first kappa shape index (κ1) is 12.1. The van der Waals surface area contributed by atoms with Crippen molar-refractivity contribution in [1.29, 1.82) is 0 Å². The van der Waals surface area contributed by atoms with Gasteiger partial charge in [0.15, 0.2) is 5.65 Å². The Bertz CT molecular complexity index is 722. The van der Waals surface area contributed by atoms with Crippen molar-refractivity contribution in [1.82, 2.24) is 24.6 Å². The minimum absolute atomic E-state index is 0.830. The van der Waals surface area contributed by atoms with Crippen LogP contribution in [0, 0.1) is 0 Å². The molecule has 96 valence electrons. The summed E-state index contributed by atoms with van der Waals surface area (Å²) in [5.41, 5.74) is 3.60. The van der Waals surface area contributed by atoms with E-state index in [0.717, 1.165) is 34.2 Å². The van der Waals surface area contributed by atoms with Gasteiger partial charge in [0.05, 0.1) is 22.6 Å². The lowest BCUT2D eigenvalue weighted by molar-refractivity contribution is 0.863. The lowest BCUT2D eigenvalue weighted by Crippen LogP contribution is -1.99. The fraction of sp³-hybridized carbons (Fsp3) is 0.231. The highest BCUT2D eigenvalue weighted by molar-refractivity contribution is 7.98. The second-order valence-electron chi connectivity index (χ2n) is 4.04. The average Bonchev–Trinajstić information content (AvgIpc) is 2.90. The molecule has 3 heterocycles. The number of hydrogen-bond donors (Lipinski definition) is 0. The molecule has 0 N–H and O–H groups in total. The Hall–Kier alpha value is -1.95. The van der Waals surface area contributed by atoms with Crippen molar-refractivity contribution in [2.75, 3.05) is 6.26 Å². The molecular formula is C13H13N5S. The summed E-state index contributed by atoms with van der Waals surface area (Å²) in [6, 6.07) is 5.93. The van der Waals surface area contributed by atoms with Crippen molar-refractivity contribution in [3.8, 4) is 11.4 Å². The summed E-state index contributed by atoms with van der Waals surface area (Å²) in [7, 11) is 0. The van der Waals surface area contributed by atoms with Gasteiger partial charge in [0.25, 0.3) is 0 Å². The summed E-state index contributed by atoms with van der Waals surface area (Å²) in [6.45, 7) is 2.08. The standard InChI is InChI=1S/C13H13N5S/c1-3-9-4-5-12-14-7-11(18(12)17-9)10-6-13(19-2)16-8-15-10/h4-8H,3H2,1-2H3. The van der Waals surface area contributed by atoms with Crippen LogP contribution in [0.5, 0.6) is 0 Å². The third-order valence-electron chi connectivity index (χ3n) is 2.89. The summed E-state index contributed by atoms with van der Waals surface area (Å²) < 4.78 is 1.84. The van der Waals surface area contributed by atoms with E-state index in [2.05, 4.69) is 27.0 Å². The van der Waals surface area contributed by atoms with E-state index in [1.807, 2.05) is 29.0 Å². The highest BCUT2D eigenvalue weighted by atomic mass is 32.2. The van der Waals surface area contributed by atoms with Crippen LogP contribution in [0.15, 0.2) is 35.7 Å². The van der Waals surface area contributed by atoms with Crippen LogP contribution in [0.4, 0.5) is 0 Å². The molecule has 3 rings (SSSR count). The number of imidazole rings is 1. The second kappa shape index (κ2) is 4.97. The van der Waals surface area contributed by atoms with Gasteiger partial charge in [-0.15, -0.1) is 11.8 Å². The maximum absolute atomic E-state index is 4.57. The van der Waals surface area contributed by atoms with E-state index in [1.165, 1.54) is 0 Å². The molecule has 0 aliphatic heterocycles. The molecule has 0 aliphatic carbocycles. The normalized spacial score (nSPS) is 11.1. The molecule has 5 nitrogen and oxygen atoms in total. The van der Waals surface area contributed by atoms with E-state index in [0.29, 0.717) is 0 Å². The molecule has 0 bridgehead atoms. The van der Waals surface area contributed by atoms with Crippen LogP contribution < -0.4 is 0 Å². The summed E-state index contributed by atoms with van der Waals surface area (Å²) >= 11 is 1.59. The molecule has 0 fully saturated rings. The van der Waals surface area contributed by atoms with Crippen LogP contribution in [0.1, 0.15) is 12.6 Å². The first-order valence-electron chi connectivity index (χ1n) is 6.02. The third kappa shape index (κ3) is 2.19. The molecule has 0 spiro atoms. The number of nitrogens with zero attached hydrogens (tertiary/aromatic N) is 5. The summed E-state index contributed by atoms with van der Waals surface area (Å²) in [5, 5.41) is 5.51. The number of thioether (sulfide) groups is 1. The number of aryl methyl sites for hydroxylation is 1. The molecular weight excluding hydrogens is 258 g/mol. The first-order chi connectivity index (χ1) is 9.31. The Balaban J connectivity index is 2.18. The lowest BCUT2D eigenvalue weighted by atomic mass is 10.3. The third-order valence-corrected chi connectivity index (χ3v) is 3.53. The monoisotopic (exact) mass is 271 g/mol. The zero-order chi connectivity index (χ0) is 13.2. The van der Waals surface area contributed by atoms with Gasteiger partial charge in [0.2, 0.25) is 0 Å². The van der Waals surface area contributed by atoms with Crippen molar-refractivity contribution in [2.24, 2.45) is 0 Å². The highest BCUT2D eigenvalue weighted by Gasteiger charge is 2.09. The average molecular weight is 271 g/mol. The van der Waals surface area contributed by atoms with Crippen LogP contribution in [0.25, 0.3) is 17.0 Å². The van der Waals surface area contributed by atoms with Gasteiger partial charge in [0.1, 0.15) is 12.0 Å².